The second kappa shape index (κ2) is 5.78. The predicted molar refractivity (Wildman–Crippen MR) is 93.9 cm³/mol. The van der Waals surface area contributed by atoms with Gasteiger partial charge in [-0.3, -0.25) is 0 Å². The molecule has 4 atom stereocenters. The van der Waals surface area contributed by atoms with Gasteiger partial charge in [-0.2, -0.15) is 0 Å². The van der Waals surface area contributed by atoms with Gasteiger partial charge in [0.1, 0.15) is 0 Å². The van der Waals surface area contributed by atoms with Crippen molar-refractivity contribution >= 4 is 0 Å². The maximum absolute atomic E-state index is 6.14. The largest absolute Gasteiger partial charge is 0.493 e. The van der Waals surface area contributed by atoms with E-state index in [1.54, 1.807) is 14.2 Å². The van der Waals surface area contributed by atoms with Crippen LogP contribution in [0.5, 0.6) is 11.5 Å². The van der Waals surface area contributed by atoms with E-state index in [4.69, 9.17) is 14.2 Å². The first-order valence-corrected chi connectivity index (χ1v) is 8.87. The molecule has 0 bridgehead atoms. The molecule has 0 N–H and O–H groups in total. The molecule has 2 heterocycles. The van der Waals surface area contributed by atoms with E-state index in [1.165, 1.54) is 11.1 Å². The lowest BCUT2D eigenvalue weighted by Gasteiger charge is -2.41. The molecule has 4 nitrogen and oxygen atoms in total. The topological polar surface area (TPSA) is 30.9 Å². The normalized spacial score (nSPS) is 35.3. The van der Waals surface area contributed by atoms with Crippen molar-refractivity contribution in [2.45, 2.75) is 49.9 Å². The zero-order valence-electron chi connectivity index (χ0n) is 15.0. The Balaban J connectivity index is 1.81. The number of hydrogen-bond acceptors (Lipinski definition) is 4. The minimum atomic E-state index is 0.0631. The van der Waals surface area contributed by atoms with Crippen molar-refractivity contribution in [1.29, 1.82) is 0 Å². The molecule has 1 aliphatic carbocycles. The summed E-state index contributed by atoms with van der Waals surface area (Å²) in [6.45, 7) is 3.30. The standard InChI is InChI=1S/C20H27NO3/c1-13-9-14-12-20(7-8-21(2)19(20)11-17(14)24-13)15-5-6-16(22-3)18(10-15)23-4/h5-6,10,12-13,17,19H,7-9,11H2,1-4H3/t13?,17-,19-,20+/m0/s1. The molecule has 24 heavy (non-hydrogen) atoms. The van der Waals surface area contributed by atoms with Gasteiger partial charge in [0.15, 0.2) is 11.5 Å². The van der Waals surface area contributed by atoms with Crippen molar-refractivity contribution in [2.24, 2.45) is 0 Å². The number of rotatable bonds is 3. The molecular weight excluding hydrogens is 302 g/mol. The zero-order valence-corrected chi connectivity index (χ0v) is 15.0. The van der Waals surface area contributed by atoms with Gasteiger partial charge in [-0.05, 0) is 63.0 Å². The fraction of sp³-hybridized carbons (Fsp3) is 0.600. The van der Waals surface area contributed by atoms with Crippen LogP contribution in [-0.2, 0) is 10.2 Å². The van der Waals surface area contributed by atoms with E-state index in [9.17, 15) is 0 Å². The van der Waals surface area contributed by atoms with Gasteiger partial charge in [-0.15, -0.1) is 0 Å². The Morgan fingerprint density at radius 1 is 1.21 bits per heavy atom. The lowest BCUT2D eigenvalue weighted by atomic mass is 9.67. The number of ether oxygens (including phenoxy) is 3. The molecule has 3 aliphatic rings. The van der Waals surface area contributed by atoms with Crippen LogP contribution in [-0.4, -0.2) is 51.0 Å². The van der Waals surface area contributed by atoms with Gasteiger partial charge in [0, 0.05) is 11.5 Å². The van der Waals surface area contributed by atoms with Crippen molar-refractivity contribution in [3.05, 3.63) is 35.4 Å². The van der Waals surface area contributed by atoms with Crippen LogP contribution >= 0.6 is 0 Å². The molecule has 130 valence electrons. The number of nitrogens with zero attached hydrogens (tertiary/aromatic N) is 1. The molecule has 2 fully saturated rings. The minimum absolute atomic E-state index is 0.0631. The summed E-state index contributed by atoms with van der Waals surface area (Å²) in [5.41, 5.74) is 2.89. The molecule has 2 aliphatic heterocycles. The highest BCUT2D eigenvalue weighted by molar-refractivity contribution is 5.49. The third-order valence-electron chi connectivity index (χ3n) is 6.14. The Labute approximate surface area is 144 Å². The summed E-state index contributed by atoms with van der Waals surface area (Å²) in [7, 11) is 5.64. The van der Waals surface area contributed by atoms with Crippen LogP contribution in [0, 0.1) is 0 Å². The Bertz CT molecular complexity index is 671. The predicted octanol–water partition coefficient (Wildman–Crippen LogP) is 3.15. The lowest BCUT2D eigenvalue weighted by Crippen LogP contribution is -2.45. The molecule has 1 aromatic rings. The third kappa shape index (κ3) is 2.27. The van der Waals surface area contributed by atoms with Gasteiger partial charge in [-0.25, -0.2) is 0 Å². The van der Waals surface area contributed by atoms with E-state index < -0.39 is 0 Å². The molecule has 0 spiro atoms. The van der Waals surface area contributed by atoms with Crippen LogP contribution in [0.15, 0.2) is 29.8 Å². The highest BCUT2D eigenvalue weighted by Gasteiger charge is 2.51. The van der Waals surface area contributed by atoms with Crippen LogP contribution < -0.4 is 9.47 Å². The number of methoxy groups -OCH3 is 2. The molecule has 0 aromatic heterocycles. The van der Waals surface area contributed by atoms with Gasteiger partial charge >= 0.3 is 0 Å². The molecule has 4 rings (SSSR count). The van der Waals surface area contributed by atoms with Gasteiger partial charge in [0.05, 0.1) is 26.4 Å². The van der Waals surface area contributed by atoms with Crippen LogP contribution in [0.4, 0.5) is 0 Å². The number of likely N-dealkylation sites (N-methyl/N-ethyl adjacent to an activating group) is 1. The maximum atomic E-state index is 6.14. The van der Waals surface area contributed by atoms with E-state index in [0.29, 0.717) is 18.2 Å². The number of hydrogen-bond donors (Lipinski definition) is 0. The first-order chi connectivity index (χ1) is 11.6. The van der Waals surface area contributed by atoms with E-state index in [1.807, 2.05) is 6.07 Å². The Hall–Kier alpha value is -1.52. The zero-order chi connectivity index (χ0) is 16.9. The van der Waals surface area contributed by atoms with E-state index in [-0.39, 0.29) is 5.41 Å². The quantitative estimate of drug-likeness (QED) is 0.797. The molecule has 2 saturated heterocycles. The first kappa shape index (κ1) is 16.0. The average Bonchev–Trinajstić information content (AvgIpc) is 3.11. The molecule has 1 aromatic carbocycles. The van der Waals surface area contributed by atoms with Crippen molar-refractivity contribution in [1.82, 2.24) is 4.90 Å². The number of fused-ring (bicyclic) bond motifs is 2. The van der Waals surface area contributed by atoms with Crippen LogP contribution in [0.25, 0.3) is 0 Å². The SMILES string of the molecule is COc1ccc([C@@]23C=C4CC(C)O[C@H]4C[C@@H]2N(C)CC3)cc1OC. The number of benzene rings is 1. The van der Waals surface area contributed by atoms with E-state index >= 15 is 0 Å². The Morgan fingerprint density at radius 2 is 2.00 bits per heavy atom. The second-order valence-corrected chi connectivity index (χ2v) is 7.45. The van der Waals surface area contributed by atoms with E-state index in [2.05, 4.69) is 37.1 Å². The van der Waals surface area contributed by atoms with Gasteiger partial charge < -0.3 is 19.1 Å². The Kier molecular flexibility index (Phi) is 3.85. The molecule has 0 amide bonds. The Morgan fingerprint density at radius 3 is 2.75 bits per heavy atom. The van der Waals surface area contributed by atoms with Crippen molar-refractivity contribution in [3.63, 3.8) is 0 Å². The highest BCUT2D eigenvalue weighted by Crippen LogP contribution is 2.51. The summed E-state index contributed by atoms with van der Waals surface area (Å²) in [6, 6.07) is 6.90. The maximum Gasteiger partial charge on any atom is 0.161 e. The van der Waals surface area contributed by atoms with Crippen LogP contribution in [0.3, 0.4) is 0 Å². The van der Waals surface area contributed by atoms with Gasteiger partial charge in [-0.1, -0.05) is 12.1 Å². The molecule has 0 radical (unpaired) electrons. The lowest BCUT2D eigenvalue weighted by molar-refractivity contribution is 0.0376. The smallest absolute Gasteiger partial charge is 0.161 e. The summed E-state index contributed by atoms with van der Waals surface area (Å²) in [6.07, 6.45) is 6.47. The van der Waals surface area contributed by atoms with Crippen molar-refractivity contribution in [2.75, 3.05) is 27.8 Å². The van der Waals surface area contributed by atoms with Crippen LogP contribution in [0.2, 0.25) is 0 Å². The minimum Gasteiger partial charge on any atom is -0.493 e. The van der Waals surface area contributed by atoms with Crippen LogP contribution in [0.1, 0.15) is 31.7 Å². The average molecular weight is 329 g/mol. The summed E-state index contributed by atoms with van der Waals surface area (Å²) >= 11 is 0. The first-order valence-electron chi connectivity index (χ1n) is 8.87. The summed E-state index contributed by atoms with van der Waals surface area (Å²) in [4.78, 5) is 2.50. The second-order valence-electron chi connectivity index (χ2n) is 7.45. The molecular formula is C20H27NO3. The summed E-state index contributed by atoms with van der Waals surface area (Å²) in [5.74, 6) is 1.61. The number of likely N-dealkylation sites (tertiary alicyclic amines) is 1. The van der Waals surface area contributed by atoms with Gasteiger partial charge in [0.25, 0.3) is 0 Å². The fourth-order valence-electron chi connectivity index (χ4n) is 4.95. The summed E-state index contributed by atoms with van der Waals surface area (Å²) < 4.78 is 17.1. The monoisotopic (exact) mass is 329 g/mol. The third-order valence-corrected chi connectivity index (χ3v) is 6.14. The highest BCUT2D eigenvalue weighted by atomic mass is 16.5. The molecule has 0 saturated carbocycles. The molecule has 1 unspecified atom stereocenters. The van der Waals surface area contributed by atoms with Crippen molar-refractivity contribution < 1.29 is 14.2 Å². The fourth-order valence-corrected chi connectivity index (χ4v) is 4.95. The van der Waals surface area contributed by atoms with Crippen molar-refractivity contribution in [3.8, 4) is 11.5 Å². The molecule has 4 heteroatoms. The van der Waals surface area contributed by atoms with Gasteiger partial charge in [0.2, 0.25) is 0 Å². The van der Waals surface area contributed by atoms with E-state index in [0.717, 1.165) is 37.3 Å². The summed E-state index contributed by atoms with van der Waals surface area (Å²) in [5, 5.41) is 0.